The molecule has 0 aromatic carbocycles. The molecule has 0 fully saturated rings. The molecule has 0 radical (unpaired) electrons. The molecule has 6 heteroatoms. The van der Waals surface area contributed by atoms with E-state index in [0.717, 1.165) is 0 Å². The highest BCUT2D eigenvalue weighted by atomic mass is 16.6. The van der Waals surface area contributed by atoms with Crippen LogP contribution in [0.3, 0.4) is 0 Å². The number of carbonyl (C=O) groups is 2. The van der Waals surface area contributed by atoms with E-state index >= 15 is 0 Å². The fraction of sp³-hybridized carbons (Fsp3) is 0.857. The average Bonchev–Trinajstić information content (AvgIpc) is 2.20. The lowest BCUT2D eigenvalue weighted by Crippen LogP contribution is -2.41. The summed E-state index contributed by atoms with van der Waals surface area (Å²) in [6.07, 6.45) is -0.0136. The van der Waals surface area contributed by atoms with Gasteiger partial charge in [0.1, 0.15) is 17.2 Å². The molecular formula is C14H27NO5. The number of hydrogen-bond donors (Lipinski definition) is 2. The number of aliphatic hydroxyl groups excluding tert-OH is 1. The predicted molar refractivity (Wildman–Crippen MR) is 74.9 cm³/mol. The van der Waals surface area contributed by atoms with E-state index in [0.29, 0.717) is 0 Å². The third-order valence-electron chi connectivity index (χ3n) is 2.21. The molecule has 0 aromatic heterocycles. The SMILES string of the molecule is CC(C)(C)OC(=O)C(N)CC(CO)C(=O)OC(C)(C)C. The Morgan fingerprint density at radius 2 is 1.40 bits per heavy atom. The van der Waals surface area contributed by atoms with Gasteiger partial charge in [0.25, 0.3) is 0 Å². The van der Waals surface area contributed by atoms with E-state index in [9.17, 15) is 14.7 Å². The van der Waals surface area contributed by atoms with Crippen molar-refractivity contribution < 1.29 is 24.2 Å². The Balaban J connectivity index is 4.57. The second kappa shape index (κ2) is 7.04. The first kappa shape index (κ1) is 18.9. The van der Waals surface area contributed by atoms with Gasteiger partial charge in [-0.05, 0) is 48.0 Å². The first-order valence-corrected chi connectivity index (χ1v) is 6.68. The Morgan fingerprint density at radius 1 is 1.00 bits per heavy atom. The van der Waals surface area contributed by atoms with Crippen LogP contribution in [0.25, 0.3) is 0 Å². The number of ether oxygens (including phenoxy) is 2. The molecule has 0 rings (SSSR count). The number of aliphatic hydroxyl groups is 1. The van der Waals surface area contributed by atoms with Crippen molar-refractivity contribution in [1.29, 1.82) is 0 Å². The van der Waals surface area contributed by atoms with E-state index in [1.165, 1.54) is 0 Å². The molecule has 0 bridgehead atoms. The topological polar surface area (TPSA) is 98.9 Å². The molecule has 0 spiro atoms. The van der Waals surface area contributed by atoms with E-state index < -0.39 is 41.7 Å². The van der Waals surface area contributed by atoms with E-state index in [2.05, 4.69) is 0 Å². The van der Waals surface area contributed by atoms with E-state index in [4.69, 9.17) is 15.2 Å². The van der Waals surface area contributed by atoms with Gasteiger partial charge in [0.15, 0.2) is 0 Å². The van der Waals surface area contributed by atoms with Gasteiger partial charge in [-0.1, -0.05) is 0 Å². The molecule has 0 amide bonds. The molecule has 20 heavy (non-hydrogen) atoms. The van der Waals surface area contributed by atoms with Gasteiger partial charge < -0.3 is 20.3 Å². The van der Waals surface area contributed by atoms with Gasteiger partial charge in [0.2, 0.25) is 0 Å². The molecule has 0 aliphatic rings. The van der Waals surface area contributed by atoms with Gasteiger partial charge in [-0.15, -0.1) is 0 Å². The highest BCUT2D eigenvalue weighted by Gasteiger charge is 2.30. The lowest BCUT2D eigenvalue weighted by Gasteiger charge is -2.25. The second-order valence-electron chi connectivity index (χ2n) is 6.79. The fourth-order valence-electron chi connectivity index (χ4n) is 1.41. The van der Waals surface area contributed by atoms with Gasteiger partial charge in [-0.25, -0.2) is 0 Å². The minimum atomic E-state index is -0.973. The van der Waals surface area contributed by atoms with Crippen LogP contribution in [-0.4, -0.2) is 40.9 Å². The maximum Gasteiger partial charge on any atom is 0.323 e. The molecule has 0 aliphatic carbocycles. The summed E-state index contributed by atoms with van der Waals surface area (Å²) in [6.45, 7) is 9.96. The summed E-state index contributed by atoms with van der Waals surface area (Å²) in [6, 6.07) is -0.973. The van der Waals surface area contributed by atoms with Crippen LogP contribution in [0.15, 0.2) is 0 Å². The Bertz CT molecular complexity index is 340. The largest absolute Gasteiger partial charge is 0.460 e. The molecule has 2 atom stereocenters. The van der Waals surface area contributed by atoms with Crippen LogP contribution < -0.4 is 5.73 Å². The number of carbonyl (C=O) groups excluding carboxylic acids is 2. The summed E-state index contributed by atoms with van der Waals surface area (Å²) in [5.74, 6) is -2.00. The summed E-state index contributed by atoms with van der Waals surface area (Å²) in [5, 5.41) is 9.25. The highest BCUT2D eigenvalue weighted by Crippen LogP contribution is 2.16. The molecule has 2 unspecified atom stereocenters. The van der Waals surface area contributed by atoms with Gasteiger partial charge in [-0.2, -0.15) is 0 Å². The van der Waals surface area contributed by atoms with Crippen LogP contribution >= 0.6 is 0 Å². The maximum atomic E-state index is 11.8. The third-order valence-corrected chi connectivity index (χ3v) is 2.21. The lowest BCUT2D eigenvalue weighted by atomic mass is 10.0. The lowest BCUT2D eigenvalue weighted by molar-refractivity contribution is -0.163. The predicted octanol–water partition coefficient (Wildman–Crippen LogP) is 0.996. The first-order chi connectivity index (χ1) is 8.85. The van der Waals surface area contributed by atoms with Crippen molar-refractivity contribution in [3.8, 4) is 0 Å². The van der Waals surface area contributed by atoms with Gasteiger partial charge in [-0.3, -0.25) is 9.59 Å². The van der Waals surface area contributed by atoms with E-state index in [1.54, 1.807) is 41.5 Å². The van der Waals surface area contributed by atoms with Crippen molar-refractivity contribution in [2.24, 2.45) is 11.7 Å². The summed E-state index contributed by atoms with van der Waals surface area (Å²) < 4.78 is 10.3. The Labute approximate surface area is 120 Å². The van der Waals surface area contributed by atoms with Crippen molar-refractivity contribution in [2.45, 2.75) is 65.2 Å². The first-order valence-electron chi connectivity index (χ1n) is 6.68. The third kappa shape index (κ3) is 8.12. The molecular weight excluding hydrogens is 262 g/mol. The summed E-state index contributed by atoms with van der Waals surface area (Å²) in [5.41, 5.74) is 4.41. The number of nitrogens with two attached hydrogens (primary N) is 1. The molecule has 118 valence electrons. The highest BCUT2D eigenvalue weighted by molar-refractivity contribution is 5.78. The summed E-state index contributed by atoms with van der Waals surface area (Å²) in [7, 11) is 0. The molecule has 0 aromatic rings. The van der Waals surface area contributed by atoms with Gasteiger partial charge in [0, 0.05) is 0 Å². The van der Waals surface area contributed by atoms with Gasteiger partial charge >= 0.3 is 11.9 Å². The smallest absolute Gasteiger partial charge is 0.323 e. The van der Waals surface area contributed by atoms with Crippen molar-refractivity contribution in [2.75, 3.05) is 6.61 Å². The summed E-state index contributed by atoms with van der Waals surface area (Å²) in [4.78, 5) is 23.6. The van der Waals surface area contributed by atoms with E-state index in [-0.39, 0.29) is 6.42 Å². The van der Waals surface area contributed by atoms with Crippen LogP contribution in [0.2, 0.25) is 0 Å². The minimum absolute atomic E-state index is 0.0136. The van der Waals surface area contributed by atoms with Crippen molar-refractivity contribution >= 4 is 11.9 Å². The number of rotatable bonds is 5. The van der Waals surface area contributed by atoms with Crippen LogP contribution in [0.1, 0.15) is 48.0 Å². The van der Waals surface area contributed by atoms with E-state index in [1.807, 2.05) is 0 Å². The minimum Gasteiger partial charge on any atom is -0.460 e. The van der Waals surface area contributed by atoms with Crippen molar-refractivity contribution in [1.82, 2.24) is 0 Å². The Kier molecular flexibility index (Phi) is 6.64. The molecule has 3 N–H and O–H groups in total. The van der Waals surface area contributed by atoms with Crippen molar-refractivity contribution in [3.05, 3.63) is 0 Å². The number of esters is 2. The fourth-order valence-corrected chi connectivity index (χ4v) is 1.41. The average molecular weight is 289 g/mol. The Hall–Kier alpha value is -1.14. The zero-order chi connectivity index (χ0) is 16.1. The Morgan fingerprint density at radius 3 is 1.75 bits per heavy atom. The van der Waals surface area contributed by atoms with Gasteiger partial charge in [0.05, 0.1) is 12.5 Å². The zero-order valence-electron chi connectivity index (χ0n) is 13.2. The molecule has 0 heterocycles. The van der Waals surface area contributed by atoms with Crippen LogP contribution in [0.4, 0.5) is 0 Å². The van der Waals surface area contributed by atoms with Crippen LogP contribution in [0, 0.1) is 5.92 Å². The molecule has 0 saturated carbocycles. The normalized spacial score (nSPS) is 15.4. The van der Waals surface area contributed by atoms with Crippen LogP contribution in [0.5, 0.6) is 0 Å². The van der Waals surface area contributed by atoms with Crippen molar-refractivity contribution in [3.63, 3.8) is 0 Å². The molecule has 6 nitrogen and oxygen atoms in total. The maximum absolute atomic E-state index is 11.8. The monoisotopic (exact) mass is 289 g/mol. The zero-order valence-corrected chi connectivity index (χ0v) is 13.2. The summed E-state index contributed by atoms with van der Waals surface area (Å²) >= 11 is 0. The molecule has 0 aliphatic heterocycles. The molecule has 0 saturated heterocycles. The standard InChI is InChI=1S/C14H27NO5/c1-13(2,3)19-11(17)9(8-16)7-10(15)12(18)20-14(4,5)6/h9-10,16H,7-8,15H2,1-6H3. The van der Waals surface area contributed by atoms with Crippen LogP contribution in [-0.2, 0) is 19.1 Å². The number of hydrogen-bond acceptors (Lipinski definition) is 6. The quantitative estimate of drug-likeness (QED) is 0.732. The second-order valence-corrected chi connectivity index (χ2v) is 6.79.